The van der Waals surface area contributed by atoms with E-state index in [9.17, 15) is 9.59 Å². The van der Waals surface area contributed by atoms with E-state index in [1.54, 1.807) is 27.9 Å². The van der Waals surface area contributed by atoms with Crippen molar-refractivity contribution in [3.05, 3.63) is 82.4 Å². The predicted molar refractivity (Wildman–Crippen MR) is 120 cm³/mol. The van der Waals surface area contributed by atoms with Gasteiger partial charge in [0.1, 0.15) is 5.69 Å². The summed E-state index contributed by atoms with van der Waals surface area (Å²) in [5, 5.41) is 10.3. The van der Waals surface area contributed by atoms with Gasteiger partial charge in [0, 0.05) is 42.8 Å². The summed E-state index contributed by atoms with van der Waals surface area (Å²) in [5.74, 6) is -0.000268. The van der Waals surface area contributed by atoms with Gasteiger partial charge < -0.3 is 9.64 Å². The maximum Gasteiger partial charge on any atom is 0.274 e. The number of benzene rings is 2. The number of morpholine rings is 1. The van der Waals surface area contributed by atoms with Crippen molar-refractivity contribution in [1.82, 2.24) is 24.5 Å². The van der Waals surface area contributed by atoms with Gasteiger partial charge in [0.15, 0.2) is 0 Å². The number of hydrogen-bond donors (Lipinski definition) is 0. The highest BCUT2D eigenvalue weighted by atomic mass is 16.5. The molecule has 5 rings (SSSR count). The fourth-order valence-electron chi connectivity index (χ4n) is 3.97. The SMILES string of the molecule is Cn1cc(-c2nn(Cc3ccc(C(=O)N4CCOCC4)cc3)c(=O)c3ccccc23)cn1. The first-order valence-corrected chi connectivity index (χ1v) is 10.5. The van der Waals surface area contributed by atoms with Gasteiger partial charge in [-0.2, -0.15) is 10.2 Å². The lowest BCUT2D eigenvalue weighted by molar-refractivity contribution is 0.0303. The van der Waals surface area contributed by atoms with E-state index in [0.717, 1.165) is 16.5 Å². The Hall–Kier alpha value is -3.78. The van der Waals surface area contributed by atoms with Gasteiger partial charge in [0.2, 0.25) is 0 Å². The van der Waals surface area contributed by atoms with Gasteiger partial charge in [0.05, 0.1) is 31.3 Å². The standard InChI is InChI=1S/C24H23N5O3/c1-27-16-19(14-25-27)22-20-4-2-3-5-21(20)24(31)29(26-22)15-17-6-8-18(9-7-17)23(30)28-10-12-32-13-11-28/h2-9,14,16H,10-13,15H2,1H3. The zero-order chi connectivity index (χ0) is 22.1. The third kappa shape index (κ3) is 3.80. The average molecular weight is 429 g/mol. The minimum atomic E-state index is -0.151. The number of carbonyl (C=O) groups excluding carboxylic acids is 1. The molecule has 8 heteroatoms. The van der Waals surface area contributed by atoms with Crippen molar-refractivity contribution in [3.8, 4) is 11.3 Å². The molecule has 2 aromatic carbocycles. The van der Waals surface area contributed by atoms with Crippen LogP contribution in [-0.2, 0) is 18.3 Å². The van der Waals surface area contributed by atoms with E-state index < -0.39 is 0 Å². The lowest BCUT2D eigenvalue weighted by Crippen LogP contribution is -2.40. The molecule has 0 saturated carbocycles. The van der Waals surface area contributed by atoms with E-state index in [2.05, 4.69) is 10.2 Å². The number of amides is 1. The van der Waals surface area contributed by atoms with Gasteiger partial charge in [-0.25, -0.2) is 4.68 Å². The maximum absolute atomic E-state index is 13.1. The van der Waals surface area contributed by atoms with E-state index >= 15 is 0 Å². The van der Waals surface area contributed by atoms with Gasteiger partial charge in [-0.3, -0.25) is 14.3 Å². The number of carbonyl (C=O) groups is 1. The third-order valence-electron chi connectivity index (χ3n) is 5.68. The highest BCUT2D eigenvalue weighted by Gasteiger charge is 2.18. The number of fused-ring (bicyclic) bond motifs is 1. The molecule has 0 N–H and O–H groups in total. The van der Waals surface area contributed by atoms with Gasteiger partial charge in [0.25, 0.3) is 11.5 Å². The molecule has 0 bridgehead atoms. The second-order valence-electron chi connectivity index (χ2n) is 7.86. The van der Waals surface area contributed by atoms with Crippen LogP contribution in [0.15, 0.2) is 65.7 Å². The van der Waals surface area contributed by atoms with Crippen molar-refractivity contribution < 1.29 is 9.53 Å². The van der Waals surface area contributed by atoms with E-state index in [4.69, 9.17) is 4.74 Å². The minimum Gasteiger partial charge on any atom is -0.378 e. The summed E-state index contributed by atoms with van der Waals surface area (Å²) in [7, 11) is 1.85. The lowest BCUT2D eigenvalue weighted by Gasteiger charge is -2.26. The van der Waals surface area contributed by atoms with Crippen LogP contribution in [0.25, 0.3) is 22.0 Å². The summed E-state index contributed by atoms with van der Waals surface area (Å²) >= 11 is 0. The van der Waals surface area contributed by atoms with Crippen molar-refractivity contribution in [1.29, 1.82) is 0 Å². The van der Waals surface area contributed by atoms with Gasteiger partial charge in [-0.05, 0) is 23.8 Å². The van der Waals surface area contributed by atoms with Crippen LogP contribution in [0, 0.1) is 0 Å². The zero-order valence-electron chi connectivity index (χ0n) is 17.8. The van der Waals surface area contributed by atoms with Crippen molar-refractivity contribution in [2.75, 3.05) is 26.3 Å². The smallest absolute Gasteiger partial charge is 0.274 e. The van der Waals surface area contributed by atoms with Crippen LogP contribution in [0.5, 0.6) is 0 Å². The molecule has 8 nitrogen and oxygen atoms in total. The molecule has 0 spiro atoms. The van der Waals surface area contributed by atoms with Crippen LogP contribution in [0.1, 0.15) is 15.9 Å². The Morgan fingerprint density at radius 2 is 1.75 bits per heavy atom. The first-order valence-electron chi connectivity index (χ1n) is 10.5. The number of aromatic nitrogens is 4. The molecule has 1 amide bonds. The second kappa shape index (κ2) is 8.39. The number of aryl methyl sites for hydroxylation is 1. The van der Waals surface area contributed by atoms with Gasteiger partial charge in [-0.15, -0.1) is 0 Å². The van der Waals surface area contributed by atoms with E-state index in [1.165, 1.54) is 4.68 Å². The topological polar surface area (TPSA) is 82.3 Å². The molecule has 1 aliphatic heterocycles. The van der Waals surface area contributed by atoms with Crippen LogP contribution in [0.2, 0.25) is 0 Å². The van der Waals surface area contributed by atoms with Crippen molar-refractivity contribution in [2.45, 2.75) is 6.54 Å². The summed E-state index contributed by atoms with van der Waals surface area (Å²) in [6.45, 7) is 2.66. The zero-order valence-corrected chi connectivity index (χ0v) is 17.8. The number of rotatable bonds is 4. The van der Waals surface area contributed by atoms with E-state index in [-0.39, 0.29) is 11.5 Å². The summed E-state index contributed by atoms with van der Waals surface area (Å²) < 4.78 is 8.51. The molecule has 0 radical (unpaired) electrons. The molecular formula is C24H23N5O3. The molecule has 2 aromatic heterocycles. The highest BCUT2D eigenvalue weighted by Crippen LogP contribution is 2.24. The molecule has 0 atom stereocenters. The Bertz CT molecular complexity index is 1330. The Labute approximate surface area is 184 Å². The number of hydrogen-bond acceptors (Lipinski definition) is 5. The number of nitrogens with zero attached hydrogens (tertiary/aromatic N) is 5. The Kier molecular flexibility index (Phi) is 5.28. The molecule has 32 heavy (non-hydrogen) atoms. The van der Waals surface area contributed by atoms with Crippen molar-refractivity contribution in [3.63, 3.8) is 0 Å². The minimum absolute atomic E-state index is 0.000268. The maximum atomic E-state index is 13.1. The van der Waals surface area contributed by atoms with Crippen LogP contribution in [-0.4, -0.2) is 56.7 Å². The van der Waals surface area contributed by atoms with Crippen LogP contribution in [0.3, 0.4) is 0 Å². The van der Waals surface area contributed by atoms with Crippen molar-refractivity contribution in [2.24, 2.45) is 7.05 Å². The summed E-state index contributed by atoms with van der Waals surface area (Å²) in [4.78, 5) is 27.6. The molecule has 162 valence electrons. The largest absolute Gasteiger partial charge is 0.378 e. The molecule has 1 fully saturated rings. The monoisotopic (exact) mass is 429 g/mol. The molecule has 0 aliphatic carbocycles. The summed E-state index contributed by atoms with van der Waals surface area (Å²) in [5.41, 5.74) is 2.94. The molecule has 1 saturated heterocycles. The highest BCUT2D eigenvalue weighted by molar-refractivity contribution is 5.94. The quantitative estimate of drug-likeness (QED) is 0.497. The average Bonchev–Trinajstić information content (AvgIpc) is 3.27. The number of ether oxygens (including phenoxy) is 1. The van der Waals surface area contributed by atoms with E-state index in [0.29, 0.717) is 49.5 Å². The normalized spacial score (nSPS) is 14.1. The summed E-state index contributed by atoms with van der Waals surface area (Å²) in [6, 6.07) is 14.8. The molecule has 3 heterocycles. The lowest BCUT2D eigenvalue weighted by atomic mass is 10.1. The molecule has 1 aliphatic rings. The molecule has 0 unspecified atom stereocenters. The second-order valence-corrected chi connectivity index (χ2v) is 7.86. The first kappa shape index (κ1) is 20.1. The molecule has 4 aromatic rings. The fourth-order valence-corrected chi connectivity index (χ4v) is 3.97. The molecular weight excluding hydrogens is 406 g/mol. The van der Waals surface area contributed by atoms with Crippen LogP contribution < -0.4 is 5.56 Å². The predicted octanol–water partition coefficient (Wildman–Crippen LogP) is 2.32. The summed E-state index contributed by atoms with van der Waals surface area (Å²) in [6.07, 6.45) is 3.63. The Morgan fingerprint density at radius 1 is 1.03 bits per heavy atom. The van der Waals surface area contributed by atoms with Crippen LogP contribution in [0.4, 0.5) is 0 Å². The van der Waals surface area contributed by atoms with E-state index in [1.807, 2.05) is 49.6 Å². The fraction of sp³-hybridized carbons (Fsp3) is 0.250. The Morgan fingerprint density at radius 3 is 2.44 bits per heavy atom. The Balaban J connectivity index is 1.47. The van der Waals surface area contributed by atoms with Gasteiger partial charge >= 0.3 is 0 Å². The first-order chi connectivity index (χ1) is 15.6. The van der Waals surface area contributed by atoms with Crippen molar-refractivity contribution >= 4 is 16.7 Å². The van der Waals surface area contributed by atoms with Gasteiger partial charge in [-0.1, -0.05) is 30.3 Å². The third-order valence-corrected chi connectivity index (χ3v) is 5.68. The van der Waals surface area contributed by atoms with Crippen LogP contribution >= 0.6 is 0 Å².